The molecular weight excluding hydrogens is 166 g/mol. The molecule has 3 nitrogen and oxygen atoms in total. The fraction of sp³-hybridized carbons (Fsp3) is 0.700. The van der Waals surface area contributed by atoms with Crippen LogP contribution in [0.1, 0.15) is 32.6 Å². The zero-order valence-electron chi connectivity index (χ0n) is 7.99. The second-order valence-electron chi connectivity index (χ2n) is 3.64. The minimum absolute atomic E-state index is 0.258. The molecule has 0 spiro atoms. The quantitative estimate of drug-likeness (QED) is 0.636. The molecule has 0 aromatic rings. The molecule has 0 aromatic carbocycles. The van der Waals surface area contributed by atoms with Crippen molar-refractivity contribution in [1.29, 1.82) is 0 Å². The highest BCUT2D eigenvalue weighted by Gasteiger charge is 2.13. The fourth-order valence-electron chi connectivity index (χ4n) is 1.58. The van der Waals surface area contributed by atoms with Gasteiger partial charge in [0.1, 0.15) is 0 Å². The summed E-state index contributed by atoms with van der Waals surface area (Å²) in [5.74, 6) is -0.710. The first-order chi connectivity index (χ1) is 6.18. The predicted octanol–water partition coefficient (Wildman–Crippen LogP) is 1.55. The maximum Gasteiger partial charge on any atom is 0.303 e. The van der Waals surface area contributed by atoms with Crippen LogP contribution in [-0.4, -0.2) is 23.2 Å². The van der Waals surface area contributed by atoms with Gasteiger partial charge < -0.3 is 10.4 Å². The molecule has 3 heteroatoms. The molecule has 1 aliphatic rings. The van der Waals surface area contributed by atoms with Gasteiger partial charge in [-0.1, -0.05) is 12.2 Å². The van der Waals surface area contributed by atoms with Crippen molar-refractivity contribution in [2.75, 3.05) is 0 Å². The third-order valence-electron chi connectivity index (χ3n) is 2.32. The van der Waals surface area contributed by atoms with E-state index in [1.54, 1.807) is 0 Å². The summed E-state index contributed by atoms with van der Waals surface area (Å²) in [6, 6.07) is 0.838. The summed E-state index contributed by atoms with van der Waals surface area (Å²) in [5.41, 5.74) is 0. The van der Waals surface area contributed by atoms with Crippen molar-refractivity contribution < 1.29 is 9.90 Å². The summed E-state index contributed by atoms with van der Waals surface area (Å²) in [6.45, 7) is 2.04. The first-order valence-electron chi connectivity index (χ1n) is 4.81. The Labute approximate surface area is 78.8 Å². The van der Waals surface area contributed by atoms with E-state index in [1.165, 1.54) is 0 Å². The first kappa shape index (κ1) is 10.3. The van der Waals surface area contributed by atoms with Crippen LogP contribution < -0.4 is 5.32 Å². The lowest BCUT2D eigenvalue weighted by atomic mass is 10.1. The molecule has 0 radical (unpaired) electrons. The zero-order valence-corrected chi connectivity index (χ0v) is 7.99. The second kappa shape index (κ2) is 5.02. The number of hydrogen-bond acceptors (Lipinski definition) is 2. The number of nitrogens with one attached hydrogen (secondary N) is 1. The lowest BCUT2D eigenvalue weighted by Crippen LogP contribution is -2.35. The molecule has 1 rings (SSSR count). The molecule has 0 saturated carbocycles. The minimum atomic E-state index is -0.710. The van der Waals surface area contributed by atoms with Crippen molar-refractivity contribution in [3.8, 4) is 0 Å². The Morgan fingerprint density at radius 2 is 2.23 bits per heavy atom. The smallest absolute Gasteiger partial charge is 0.303 e. The first-order valence-corrected chi connectivity index (χ1v) is 4.81. The van der Waals surface area contributed by atoms with Crippen LogP contribution in [0.15, 0.2) is 12.2 Å². The summed E-state index contributed by atoms with van der Waals surface area (Å²) in [7, 11) is 0. The second-order valence-corrected chi connectivity index (χ2v) is 3.64. The van der Waals surface area contributed by atoms with Crippen LogP contribution >= 0.6 is 0 Å². The molecule has 2 N–H and O–H groups in total. The molecular formula is C10H17NO2. The van der Waals surface area contributed by atoms with Crippen molar-refractivity contribution >= 4 is 5.97 Å². The van der Waals surface area contributed by atoms with Gasteiger partial charge in [0.25, 0.3) is 0 Å². The molecule has 0 aliphatic heterocycles. The fourth-order valence-corrected chi connectivity index (χ4v) is 1.58. The van der Waals surface area contributed by atoms with E-state index < -0.39 is 5.97 Å². The van der Waals surface area contributed by atoms with E-state index >= 15 is 0 Å². The Morgan fingerprint density at radius 1 is 1.62 bits per heavy atom. The number of rotatable bonds is 5. The van der Waals surface area contributed by atoms with E-state index in [2.05, 4.69) is 17.5 Å². The van der Waals surface area contributed by atoms with Crippen LogP contribution in [0.4, 0.5) is 0 Å². The third-order valence-corrected chi connectivity index (χ3v) is 2.32. The Bertz CT molecular complexity index is 193. The predicted molar refractivity (Wildman–Crippen MR) is 51.6 cm³/mol. The monoisotopic (exact) mass is 183 g/mol. The van der Waals surface area contributed by atoms with E-state index in [-0.39, 0.29) is 6.42 Å². The molecule has 0 saturated heterocycles. The van der Waals surface area contributed by atoms with Crippen molar-refractivity contribution in [2.24, 2.45) is 0 Å². The Balaban J connectivity index is 2.10. The van der Waals surface area contributed by atoms with Crippen LogP contribution in [-0.2, 0) is 4.79 Å². The van der Waals surface area contributed by atoms with E-state index in [1.807, 2.05) is 6.92 Å². The van der Waals surface area contributed by atoms with Gasteiger partial charge in [-0.3, -0.25) is 4.79 Å². The molecule has 1 aliphatic carbocycles. The number of carboxylic acids is 1. The Kier molecular flexibility index (Phi) is 3.96. The molecule has 0 heterocycles. The summed E-state index contributed by atoms with van der Waals surface area (Å²) >= 11 is 0. The average Bonchev–Trinajstić information content (AvgIpc) is 2.53. The maximum absolute atomic E-state index is 10.3. The molecule has 0 fully saturated rings. The topological polar surface area (TPSA) is 49.3 Å². The van der Waals surface area contributed by atoms with Crippen LogP contribution in [0.3, 0.4) is 0 Å². The molecule has 0 amide bonds. The number of carboxylic acid groups (broad SMARTS) is 1. The van der Waals surface area contributed by atoms with Gasteiger partial charge in [-0.05, 0) is 26.2 Å². The van der Waals surface area contributed by atoms with Crippen LogP contribution in [0.25, 0.3) is 0 Å². The largest absolute Gasteiger partial charge is 0.481 e. The van der Waals surface area contributed by atoms with Crippen molar-refractivity contribution in [3.05, 3.63) is 12.2 Å². The van der Waals surface area contributed by atoms with Gasteiger partial charge in [0.15, 0.2) is 0 Å². The number of carbonyl (C=O) groups is 1. The van der Waals surface area contributed by atoms with Gasteiger partial charge in [0, 0.05) is 18.5 Å². The Morgan fingerprint density at radius 3 is 2.77 bits per heavy atom. The summed E-state index contributed by atoms with van der Waals surface area (Å²) < 4.78 is 0. The summed E-state index contributed by atoms with van der Waals surface area (Å²) in [6.07, 6.45) is 7.47. The SMILES string of the molecule is CC(CCC(=O)O)NC1CC=CC1. The highest BCUT2D eigenvalue weighted by Crippen LogP contribution is 2.11. The van der Waals surface area contributed by atoms with E-state index in [0.29, 0.717) is 18.5 Å². The Hall–Kier alpha value is -0.830. The summed E-state index contributed by atoms with van der Waals surface area (Å²) in [5, 5.41) is 11.9. The van der Waals surface area contributed by atoms with Gasteiger partial charge >= 0.3 is 5.97 Å². The molecule has 0 bridgehead atoms. The van der Waals surface area contributed by atoms with Crippen molar-refractivity contribution in [3.63, 3.8) is 0 Å². The van der Waals surface area contributed by atoms with Gasteiger partial charge in [-0.25, -0.2) is 0 Å². The highest BCUT2D eigenvalue weighted by atomic mass is 16.4. The standard InChI is InChI=1S/C10H17NO2/c1-8(6-7-10(12)13)11-9-4-2-3-5-9/h2-3,8-9,11H,4-7H2,1H3,(H,12,13). The van der Waals surface area contributed by atoms with Crippen LogP contribution in [0.2, 0.25) is 0 Å². The van der Waals surface area contributed by atoms with Gasteiger partial charge in [0.2, 0.25) is 0 Å². The normalized spacial score (nSPS) is 19.2. The number of hydrogen-bond donors (Lipinski definition) is 2. The minimum Gasteiger partial charge on any atom is -0.481 e. The van der Waals surface area contributed by atoms with Crippen molar-refractivity contribution in [2.45, 2.75) is 44.7 Å². The van der Waals surface area contributed by atoms with Crippen LogP contribution in [0, 0.1) is 0 Å². The molecule has 1 atom stereocenters. The molecule has 1 unspecified atom stereocenters. The van der Waals surface area contributed by atoms with Gasteiger partial charge in [0.05, 0.1) is 0 Å². The van der Waals surface area contributed by atoms with E-state index in [4.69, 9.17) is 5.11 Å². The third kappa shape index (κ3) is 4.08. The summed E-state index contributed by atoms with van der Waals surface area (Å²) in [4.78, 5) is 10.3. The van der Waals surface area contributed by atoms with Gasteiger partial charge in [-0.2, -0.15) is 0 Å². The zero-order chi connectivity index (χ0) is 9.68. The molecule has 13 heavy (non-hydrogen) atoms. The van der Waals surface area contributed by atoms with Gasteiger partial charge in [-0.15, -0.1) is 0 Å². The van der Waals surface area contributed by atoms with Crippen LogP contribution in [0.5, 0.6) is 0 Å². The van der Waals surface area contributed by atoms with E-state index in [0.717, 1.165) is 12.8 Å². The lowest BCUT2D eigenvalue weighted by Gasteiger charge is -2.18. The average molecular weight is 183 g/mol. The highest BCUT2D eigenvalue weighted by molar-refractivity contribution is 5.66. The molecule has 74 valence electrons. The van der Waals surface area contributed by atoms with E-state index in [9.17, 15) is 4.79 Å². The van der Waals surface area contributed by atoms with Crippen molar-refractivity contribution in [1.82, 2.24) is 5.32 Å². The molecule has 0 aromatic heterocycles. The maximum atomic E-state index is 10.3. The number of aliphatic carboxylic acids is 1. The lowest BCUT2D eigenvalue weighted by molar-refractivity contribution is -0.137.